The quantitative estimate of drug-likeness (QED) is 0.667. The topological polar surface area (TPSA) is 66.9 Å². The lowest BCUT2D eigenvalue weighted by Gasteiger charge is -2.09. The van der Waals surface area contributed by atoms with Gasteiger partial charge in [-0.05, 0) is 55.7 Å². The molecule has 2 N–H and O–H groups in total. The molecule has 0 radical (unpaired) electrons. The molecule has 0 unspecified atom stereocenters. The number of hydrogen-bond acceptors (Lipinski definition) is 4. The highest BCUT2D eigenvalue weighted by atomic mass is 16.1. The third kappa shape index (κ3) is 4.32. The number of amides is 1. The highest BCUT2D eigenvalue weighted by Crippen LogP contribution is 2.18. The molecule has 0 saturated heterocycles. The van der Waals surface area contributed by atoms with Crippen molar-refractivity contribution in [2.24, 2.45) is 0 Å². The first-order valence-corrected chi connectivity index (χ1v) is 8.44. The summed E-state index contributed by atoms with van der Waals surface area (Å²) >= 11 is 0. The molecule has 5 heteroatoms. The summed E-state index contributed by atoms with van der Waals surface area (Å²) in [5.41, 5.74) is 4.16. The van der Waals surface area contributed by atoms with Gasteiger partial charge < -0.3 is 10.6 Å². The van der Waals surface area contributed by atoms with E-state index in [0.29, 0.717) is 13.0 Å². The van der Waals surface area contributed by atoms with Crippen LogP contribution in [0.15, 0.2) is 48.8 Å². The molecule has 1 heterocycles. The zero-order valence-electron chi connectivity index (χ0n) is 14.5. The van der Waals surface area contributed by atoms with E-state index in [0.717, 1.165) is 28.8 Å². The summed E-state index contributed by atoms with van der Waals surface area (Å²) in [6.07, 6.45) is 2.75. The Labute approximate surface area is 147 Å². The van der Waals surface area contributed by atoms with E-state index in [1.807, 2.05) is 49.4 Å². The first-order chi connectivity index (χ1) is 12.1. The average molecular weight is 334 g/mol. The summed E-state index contributed by atoms with van der Waals surface area (Å²) in [7, 11) is 0. The van der Waals surface area contributed by atoms with E-state index in [1.165, 1.54) is 11.1 Å². The van der Waals surface area contributed by atoms with Gasteiger partial charge in [-0.3, -0.25) is 4.79 Å². The van der Waals surface area contributed by atoms with Crippen LogP contribution in [0.1, 0.15) is 24.0 Å². The van der Waals surface area contributed by atoms with Crippen molar-refractivity contribution in [3.05, 3.63) is 59.9 Å². The highest BCUT2D eigenvalue weighted by molar-refractivity contribution is 5.91. The van der Waals surface area contributed by atoms with Crippen LogP contribution in [0.4, 0.5) is 11.5 Å². The number of para-hydroxylation sites is 1. The Kier molecular flexibility index (Phi) is 5.23. The van der Waals surface area contributed by atoms with Crippen LogP contribution in [0.25, 0.3) is 10.9 Å². The number of benzene rings is 2. The molecule has 0 fully saturated rings. The van der Waals surface area contributed by atoms with Crippen molar-refractivity contribution >= 4 is 28.3 Å². The van der Waals surface area contributed by atoms with Crippen LogP contribution >= 0.6 is 0 Å². The number of fused-ring (bicyclic) bond motifs is 1. The maximum Gasteiger partial charge on any atom is 0.224 e. The van der Waals surface area contributed by atoms with Gasteiger partial charge in [0, 0.05) is 24.0 Å². The van der Waals surface area contributed by atoms with Crippen LogP contribution in [-0.2, 0) is 4.79 Å². The second-order valence-electron chi connectivity index (χ2n) is 6.12. The predicted molar refractivity (Wildman–Crippen MR) is 102 cm³/mol. The van der Waals surface area contributed by atoms with Crippen molar-refractivity contribution in [3.63, 3.8) is 0 Å². The van der Waals surface area contributed by atoms with Crippen LogP contribution in [0.3, 0.4) is 0 Å². The van der Waals surface area contributed by atoms with Crippen molar-refractivity contribution in [2.45, 2.75) is 26.7 Å². The SMILES string of the molecule is Cc1ccc(NC(=O)CCCNc2ncnc3ccccc23)cc1C. The number of anilines is 2. The first-order valence-electron chi connectivity index (χ1n) is 8.44. The van der Waals surface area contributed by atoms with Crippen LogP contribution in [0, 0.1) is 13.8 Å². The lowest BCUT2D eigenvalue weighted by atomic mass is 10.1. The van der Waals surface area contributed by atoms with Gasteiger partial charge in [-0.2, -0.15) is 0 Å². The number of aryl methyl sites for hydroxylation is 2. The number of rotatable bonds is 6. The lowest BCUT2D eigenvalue weighted by Crippen LogP contribution is -2.14. The number of nitrogens with one attached hydrogen (secondary N) is 2. The van der Waals surface area contributed by atoms with E-state index >= 15 is 0 Å². The van der Waals surface area contributed by atoms with Gasteiger partial charge in [-0.25, -0.2) is 9.97 Å². The molecular formula is C20H22N4O. The third-order valence-electron chi connectivity index (χ3n) is 4.21. The summed E-state index contributed by atoms with van der Waals surface area (Å²) in [6.45, 7) is 4.78. The predicted octanol–water partition coefficient (Wildman–Crippen LogP) is 4.08. The Morgan fingerprint density at radius 2 is 1.88 bits per heavy atom. The normalized spacial score (nSPS) is 10.6. The maximum absolute atomic E-state index is 12.1. The summed E-state index contributed by atoms with van der Waals surface area (Å²) in [6, 6.07) is 13.8. The van der Waals surface area contributed by atoms with Gasteiger partial charge in [0.25, 0.3) is 0 Å². The Balaban J connectivity index is 1.49. The van der Waals surface area contributed by atoms with E-state index in [2.05, 4.69) is 27.5 Å². The molecule has 0 aliphatic carbocycles. The van der Waals surface area contributed by atoms with E-state index in [1.54, 1.807) is 6.33 Å². The second-order valence-corrected chi connectivity index (χ2v) is 6.12. The summed E-state index contributed by atoms with van der Waals surface area (Å²) in [5, 5.41) is 7.23. The van der Waals surface area contributed by atoms with Crippen molar-refractivity contribution < 1.29 is 4.79 Å². The zero-order valence-corrected chi connectivity index (χ0v) is 14.5. The molecule has 0 saturated carbocycles. The minimum atomic E-state index is 0.0256. The fourth-order valence-electron chi connectivity index (χ4n) is 2.64. The van der Waals surface area contributed by atoms with E-state index in [-0.39, 0.29) is 5.91 Å². The smallest absolute Gasteiger partial charge is 0.224 e. The van der Waals surface area contributed by atoms with Gasteiger partial charge in [0.2, 0.25) is 5.91 Å². The minimum Gasteiger partial charge on any atom is -0.369 e. The molecule has 0 aliphatic heterocycles. The van der Waals surface area contributed by atoms with Gasteiger partial charge in [0.05, 0.1) is 5.52 Å². The molecule has 3 rings (SSSR count). The van der Waals surface area contributed by atoms with Gasteiger partial charge in [-0.1, -0.05) is 18.2 Å². The monoisotopic (exact) mass is 334 g/mol. The van der Waals surface area contributed by atoms with Gasteiger partial charge in [-0.15, -0.1) is 0 Å². The zero-order chi connectivity index (χ0) is 17.6. The fourth-order valence-corrected chi connectivity index (χ4v) is 2.64. The second kappa shape index (κ2) is 7.75. The van der Waals surface area contributed by atoms with Crippen molar-refractivity contribution in [3.8, 4) is 0 Å². The molecule has 0 spiro atoms. The Hall–Kier alpha value is -2.95. The lowest BCUT2D eigenvalue weighted by molar-refractivity contribution is -0.116. The average Bonchev–Trinajstić information content (AvgIpc) is 2.62. The van der Waals surface area contributed by atoms with Crippen LogP contribution in [-0.4, -0.2) is 22.4 Å². The molecule has 0 atom stereocenters. The minimum absolute atomic E-state index is 0.0256. The maximum atomic E-state index is 12.1. The first kappa shape index (κ1) is 16.9. The molecule has 2 aromatic carbocycles. The highest BCUT2D eigenvalue weighted by Gasteiger charge is 2.05. The van der Waals surface area contributed by atoms with Crippen molar-refractivity contribution in [2.75, 3.05) is 17.2 Å². The molecule has 128 valence electrons. The van der Waals surface area contributed by atoms with Crippen LogP contribution in [0.5, 0.6) is 0 Å². The molecule has 1 aromatic heterocycles. The van der Waals surface area contributed by atoms with Crippen LogP contribution in [0.2, 0.25) is 0 Å². The molecule has 0 bridgehead atoms. The number of carbonyl (C=O) groups excluding carboxylic acids is 1. The summed E-state index contributed by atoms with van der Waals surface area (Å²) in [4.78, 5) is 20.6. The van der Waals surface area contributed by atoms with E-state index < -0.39 is 0 Å². The number of carbonyl (C=O) groups is 1. The molecular weight excluding hydrogens is 312 g/mol. The largest absolute Gasteiger partial charge is 0.369 e. The Morgan fingerprint density at radius 1 is 1.04 bits per heavy atom. The Morgan fingerprint density at radius 3 is 2.72 bits per heavy atom. The summed E-state index contributed by atoms with van der Waals surface area (Å²) in [5.74, 6) is 0.831. The van der Waals surface area contributed by atoms with Crippen molar-refractivity contribution in [1.29, 1.82) is 0 Å². The van der Waals surface area contributed by atoms with Gasteiger partial charge in [0.15, 0.2) is 0 Å². The van der Waals surface area contributed by atoms with Gasteiger partial charge >= 0.3 is 0 Å². The summed E-state index contributed by atoms with van der Waals surface area (Å²) < 4.78 is 0. The molecule has 1 amide bonds. The third-order valence-corrected chi connectivity index (χ3v) is 4.21. The Bertz CT molecular complexity index is 887. The van der Waals surface area contributed by atoms with Gasteiger partial charge in [0.1, 0.15) is 12.1 Å². The number of hydrogen-bond donors (Lipinski definition) is 2. The standard InChI is InChI=1S/C20H22N4O/c1-14-9-10-16(12-15(14)2)24-19(25)8-5-11-21-20-17-6-3-4-7-18(17)22-13-23-20/h3-4,6-7,9-10,12-13H,5,8,11H2,1-2H3,(H,24,25)(H,21,22,23). The number of aromatic nitrogens is 2. The fraction of sp³-hybridized carbons (Fsp3) is 0.250. The molecule has 3 aromatic rings. The molecule has 25 heavy (non-hydrogen) atoms. The number of nitrogens with zero attached hydrogens (tertiary/aromatic N) is 2. The van der Waals surface area contributed by atoms with E-state index in [4.69, 9.17) is 0 Å². The van der Waals surface area contributed by atoms with Crippen molar-refractivity contribution in [1.82, 2.24) is 9.97 Å². The molecule has 5 nitrogen and oxygen atoms in total. The van der Waals surface area contributed by atoms with Crippen LogP contribution < -0.4 is 10.6 Å². The molecule has 0 aliphatic rings. The van der Waals surface area contributed by atoms with E-state index in [9.17, 15) is 4.79 Å².